The molecule has 0 atom stereocenters. The van der Waals surface area contributed by atoms with Gasteiger partial charge in [0.25, 0.3) is 5.91 Å². The number of sulfonamides is 1. The van der Waals surface area contributed by atoms with Gasteiger partial charge in [-0.25, -0.2) is 12.7 Å². The minimum absolute atomic E-state index is 0.0305. The first kappa shape index (κ1) is 20.0. The van der Waals surface area contributed by atoms with Crippen molar-refractivity contribution >= 4 is 48.3 Å². The van der Waals surface area contributed by atoms with E-state index in [1.807, 2.05) is 0 Å². The number of rotatable bonds is 6. The molecule has 0 saturated carbocycles. The van der Waals surface area contributed by atoms with E-state index in [1.54, 1.807) is 6.07 Å². The van der Waals surface area contributed by atoms with Crippen LogP contribution < -0.4 is 5.32 Å². The lowest BCUT2D eigenvalue weighted by molar-refractivity contribution is 0.102. The Bertz CT molecular complexity index is 879. The standard InChI is InChI=1S/C15H19BrN4O3S2/c1-9(2)7-13-18-19-15(24-13)17-14(21)10-5-6-11(16)12(8-10)25(22,23)20(3)4/h5-6,8-9H,7H2,1-4H3,(H,17,19,21). The highest BCUT2D eigenvalue weighted by Crippen LogP contribution is 2.26. The number of benzene rings is 1. The van der Waals surface area contributed by atoms with Crippen LogP contribution in [0.2, 0.25) is 0 Å². The molecule has 0 aliphatic carbocycles. The van der Waals surface area contributed by atoms with E-state index in [0.29, 0.717) is 15.5 Å². The smallest absolute Gasteiger partial charge is 0.257 e. The van der Waals surface area contributed by atoms with Gasteiger partial charge in [0.1, 0.15) is 5.01 Å². The van der Waals surface area contributed by atoms with Crippen molar-refractivity contribution in [1.82, 2.24) is 14.5 Å². The molecule has 1 aromatic carbocycles. The van der Waals surface area contributed by atoms with E-state index >= 15 is 0 Å². The molecule has 0 unspecified atom stereocenters. The number of aromatic nitrogens is 2. The van der Waals surface area contributed by atoms with Crippen LogP contribution in [0.25, 0.3) is 0 Å². The molecular weight excluding hydrogens is 428 g/mol. The average Bonchev–Trinajstić information content (AvgIpc) is 2.93. The Morgan fingerprint density at radius 1 is 1.32 bits per heavy atom. The third kappa shape index (κ3) is 4.84. The molecule has 10 heteroatoms. The van der Waals surface area contributed by atoms with E-state index in [-0.39, 0.29) is 10.5 Å². The molecule has 0 aliphatic heterocycles. The summed E-state index contributed by atoms with van der Waals surface area (Å²) >= 11 is 4.53. The van der Waals surface area contributed by atoms with Crippen molar-refractivity contribution in [2.45, 2.75) is 25.2 Å². The molecular formula is C15H19BrN4O3S2. The quantitative estimate of drug-likeness (QED) is 0.735. The summed E-state index contributed by atoms with van der Waals surface area (Å²) in [6.45, 7) is 4.16. The first-order valence-electron chi connectivity index (χ1n) is 7.47. The number of carbonyl (C=O) groups excluding carboxylic acids is 1. The Kier molecular flexibility index (Phi) is 6.30. The fourth-order valence-electron chi connectivity index (χ4n) is 1.94. The van der Waals surface area contributed by atoms with Crippen molar-refractivity contribution < 1.29 is 13.2 Å². The number of carbonyl (C=O) groups is 1. The van der Waals surface area contributed by atoms with Crippen LogP contribution in [0.3, 0.4) is 0 Å². The Morgan fingerprint density at radius 3 is 2.60 bits per heavy atom. The molecule has 0 saturated heterocycles. The maximum Gasteiger partial charge on any atom is 0.257 e. The monoisotopic (exact) mass is 446 g/mol. The highest BCUT2D eigenvalue weighted by atomic mass is 79.9. The third-order valence-corrected chi connectivity index (χ3v) is 6.89. The van der Waals surface area contributed by atoms with Crippen LogP contribution in [0.1, 0.15) is 29.2 Å². The minimum atomic E-state index is -3.66. The number of anilines is 1. The molecule has 1 N–H and O–H groups in total. The molecule has 0 radical (unpaired) electrons. The van der Waals surface area contributed by atoms with E-state index in [1.165, 1.54) is 37.6 Å². The zero-order chi connectivity index (χ0) is 18.8. The number of nitrogens with zero attached hydrogens (tertiary/aromatic N) is 3. The summed E-state index contributed by atoms with van der Waals surface area (Å²) in [6, 6.07) is 4.42. The Morgan fingerprint density at radius 2 is 2.00 bits per heavy atom. The highest BCUT2D eigenvalue weighted by Gasteiger charge is 2.22. The predicted molar refractivity (Wildman–Crippen MR) is 101 cm³/mol. The minimum Gasteiger partial charge on any atom is -0.296 e. The molecule has 0 fully saturated rings. The van der Waals surface area contributed by atoms with Crippen LogP contribution in [-0.4, -0.2) is 42.9 Å². The average molecular weight is 447 g/mol. The summed E-state index contributed by atoms with van der Waals surface area (Å²) in [5.41, 5.74) is 0.226. The van der Waals surface area contributed by atoms with E-state index in [4.69, 9.17) is 0 Å². The fraction of sp³-hybridized carbons (Fsp3) is 0.400. The second kappa shape index (κ2) is 7.90. The van der Waals surface area contributed by atoms with Gasteiger partial charge in [0.15, 0.2) is 0 Å². The van der Waals surface area contributed by atoms with Gasteiger partial charge in [0, 0.05) is 30.6 Å². The van der Waals surface area contributed by atoms with Crippen molar-refractivity contribution in [3.8, 4) is 0 Å². The first-order valence-corrected chi connectivity index (χ1v) is 10.5. The largest absolute Gasteiger partial charge is 0.296 e. The van der Waals surface area contributed by atoms with Crippen molar-refractivity contribution in [3.05, 3.63) is 33.2 Å². The number of nitrogens with one attached hydrogen (secondary N) is 1. The number of halogens is 1. The lowest BCUT2D eigenvalue weighted by Crippen LogP contribution is -2.23. The van der Waals surface area contributed by atoms with Crippen LogP contribution in [0, 0.1) is 5.92 Å². The zero-order valence-electron chi connectivity index (χ0n) is 14.3. The second-order valence-corrected chi connectivity index (χ2v) is 10.0. The third-order valence-electron chi connectivity index (χ3n) is 3.22. The van der Waals surface area contributed by atoms with Gasteiger partial charge in [-0.3, -0.25) is 10.1 Å². The molecule has 25 heavy (non-hydrogen) atoms. The fourth-order valence-corrected chi connectivity index (χ4v) is 4.74. The van der Waals surface area contributed by atoms with E-state index < -0.39 is 15.9 Å². The van der Waals surface area contributed by atoms with E-state index in [9.17, 15) is 13.2 Å². The van der Waals surface area contributed by atoms with E-state index in [2.05, 4.69) is 45.3 Å². The zero-order valence-corrected chi connectivity index (χ0v) is 17.5. The molecule has 0 spiro atoms. The van der Waals surface area contributed by atoms with Gasteiger partial charge >= 0.3 is 0 Å². The Hall–Kier alpha value is -1.36. The normalized spacial score (nSPS) is 12.0. The molecule has 1 aromatic heterocycles. The Labute approximate surface area is 159 Å². The van der Waals surface area contributed by atoms with Gasteiger partial charge in [-0.15, -0.1) is 10.2 Å². The van der Waals surface area contributed by atoms with Gasteiger partial charge < -0.3 is 0 Å². The van der Waals surface area contributed by atoms with Crippen LogP contribution in [0.15, 0.2) is 27.6 Å². The summed E-state index contributed by atoms with van der Waals surface area (Å²) in [5, 5.41) is 11.9. The second-order valence-electron chi connectivity index (χ2n) is 5.99. The van der Waals surface area contributed by atoms with Gasteiger partial charge in [-0.2, -0.15) is 0 Å². The van der Waals surface area contributed by atoms with Crippen molar-refractivity contribution in [2.24, 2.45) is 5.92 Å². The molecule has 1 heterocycles. The Balaban J connectivity index is 2.24. The highest BCUT2D eigenvalue weighted by molar-refractivity contribution is 9.10. The summed E-state index contributed by atoms with van der Waals surface area (Å²) in [4.78, 5) is 12.4. The summed E-state index contributed by atoms with van der Waals surface area (Å²) in [7, 11) is -0.792. The molecule has 2 aromatic rings. The van der Waals surface area contributed by atoms with Crippen molar-refractivity contribution in [1.29, 1.82) is 0 Å². The number of hydrogen-bond acceptors (Lipinski definition) is 6. The molecule has 0 bridgehead atoms. The number of amides is 1. The van der Waals surface area contributed by atoms with Gasteiger partial charge in [0.05, 0.1) is 4.90 Å². The van der Waals surface area contributed by atoms with E-state index in [0.717, 1.165) is 15.7 Å². The van der Waals surface area contributed by atoms with Gasteiger partial charge in [0.2, 0.25) is 15.2 Å². The molecule has 1 amide bonds. The van der Waals surface area contributed by atoms with Crippen molar-refractivity contribution in [2.75, 3.05) is 19.4 Å². The van der Waals surface area contributed by atoms with Gasteiger partial charge in [-0.05, 0) is 40.0 Å². The summed E-state index contributed by atoms with van der Waals surface area (Å²) in [5.74, 6) is 0.0109. The molecule has 2 rings (SSSR count). The predicted octanol–water partition coefficient (Wildman–Crippen LogP) is 3.00. The maximum absolute atomic E-state index is 12.4. The van der Waals surface area contributed by atoms with Crippen LogP contribution in [-0.2, 0) is 16.4 Å². The molecule has 7 nitrogen and oxygen atoms in total. The number of hydrogen-bond donors (Lipinski definition) is 1. The first-order chi connectivity index (χ1) is 11.6. The van der Waals surface area contributed by atoms with Gasteiger partial charge in [-0.1, -0.05) is 25.2 Å². The molecule has 136 valence electrons. The topological polar surface area (TPSA) is 92.3 Å². The van der Waals surface area contributed by atoms with Crippen LogP contribution in [0.4, 0.5) is 5.13 Å². The van der Waals surface area contributed by atoms with Crippen LogP contribution in [0.5, 0.6) is 0 Å². The lowest BCUT2D eigenvalue weighted by Gasteiger charge is -2.13. The summed E-state index contributed by atoms with van der Waals surface area (Å²) in [6.07, 6.45) is 0.789. The maximum atomic E-state index is 12.4. The lowest BCUT2D eigenvalue weighted by atomic mass is 10.1. The van der Waals surface area contributed by atoms with Crippen molar-refractivity contribution in [3.63, 3.8) is 0 Å². The SMILES string of the molecule is CC(C)Cc1nnc(NC(=O)c2ccc(Br)c(S(=O)(=O)N(C)C)c2)s1. The van der Waals surface area contributed by atoms with Crippen LogP contribution >= 0.6 is 27.3 Å². The summed E-state index contributed by atoms with van der Waals surface area (Å²) < 4.78 is 26.2. The molecule has 0 aliphatic rings.